The van der Waals surface area contributed by atoms with Gasteiger partial charge in [0, 0.05) is 17.9 Å². The van der Waals surface area contributed by atoms with Crippen LogP contribution in [-0.4, -0.2) is 23.8 Å². The lowest BCUT2D eigenvalue weighted by atomic mass is 10.1. The third-order valence-electron chi connectivity index (χ3n) is 2.35. The maximum Gasteiger partial charge on any atom is 0.446 e. The van der Waals surface area contributed by atoms with Crippen molar-refractivity contribution in [1.29, 1.82) is 0 Å². The summed E-state index contributed by atoms with van der Waals surface area (Å²) in [5.74, 6) is 0.476. The highest BCUT2D eigenvalue weighted by molar-refractivity contribution is 8.00. The summed E-state index contributed by atoms with van der Waals surface area (Å²) in [4.78, 5) is 0.117. The topological polar surface area (TPSA) is 29.5 Å². The molecule has 0 aliphatic carbocycles. The number of ether oxygens (including phenoxy) is 1. The van der Waals surface area contributed by atoms with Crippen LogP contribution in [0, 0.1) is 0 Å². The van der Waals surface area contributed by atoms with Crippen LogP contribution >= 0.6 is 11.8 Å². The SMILES string of the molecule is CCCc1ccc(SC(F)(F)F)cc1OCCCO. The third kappa shape index (κ3) is 6.20. The molecule has 19 heavy (non-hydrogen) atoms. The van der Waals surface area contributed by atoms with Crippen molar-refractivity contribution in [3.05, 3.63) is 23.8 Å². The summed E-state index contributed by atoms with van der Waals surface area (Å²) < 4.78 is 42.4. The summed E-state index contributed by atoms with van der Waals surface area (Å²) in [5, 5.41) is 8.69. The molecule has 0 aliphatic heterocycles. The number of aryl methyl sites for hydroxylation is 1. The number of aliphatic hydroxyl groups excluding tert-OH is 1. The second kappa shape index (κ2) is 7.65. The van der Waals surface area contributed by atoms with Crippen molar-refractivity contribution in [3.63, 3.8) is 0 Å². The molecule has 0 spiro atoms. The van der Waals surface area contributed by atoms with Crippen LogP contribution in [0.2, 0.25) is 0 Å². The maximum absolute atomic E-state index is 12.3. The highest BCUT2D eigenvalue weighted by atomic mass is 32.2. The number of halogens is 3. The minimum atomic E-state index is -4.30. The maximum atomic E-state index is 12.3. The van der Waals surface area contributed by atoms with E-state index in [9.17, 15) is 13.2 Å². The molecular weight excluding hydrogens is 277 g/mol. The zero-order chi connectivity index (χ0) is 14.3. The van der Waals surface area contributed by atoms with E-state index in [-0.39, 0.29) is 23.3 Å². The lowest BCUT2D eigenvalue weighted by Crippen LogP contribution is -2.03. The Morgan fingerprint density at radius 2 is 2.05 bits per heavy atom. The Morgan fingerprint density at radius 1 is 1.32 bits per heavy atom. The summed E-state index contributed by atoms with van der Waals surface area (Å²) in [6.45, 7) is 2.29. The summed E-state index contributed by atoms with van der Waals surface area (Å²) in [5.41, 5.74) is -3.40. The molecule has 1 aromatic rings. The molecule has 0 heterocycles. The van der Waals surface area contributed by atoms with Crippen LogP contribution < -0.4 is 4.74 Å². The molecule has 2 nitrogen and oxygen atoms in total. The Labute approximate surface area is 115 Å². The van der Waals surface area contributed by atoms with Gasteiger partial charge in [-0.2, -0.15) is 13.2 Å². The quantitative estimate of drug-likeness (QED) is 0.608. The largest absolute Gasteiger partial charge is 0.493 e. The van der Waals surface area contributed by atoms with Gasteiger partial charge < -0.3 is 9.84 Å². The van der Waals surface area contributed by atoms with Crippen LogP contribution in [0.1, 0.15) is 25.3 Å². The van der Waals surface area contributed by atoms with Crippen LogP contribution in [0.15, 0.2) is 23.1 Å². The van der Waals surface area contributed by atoms with Gasteiger partial charge in [0.2, 0.25) is 0 Å². The van der Waals surface area contributed by atoms with E-state index >= 15 is 0 Å². The zero-order valence-electron chi connectivity index (χ0n) is 10.7. The highest BCUT2D eigenvalue weighted by Gasteiger charge is 2.29. The molecule has 0 amide bonds. The van der Waals surface area contributed by atoms with Crippen LogP contribution in [-0.2, 0) is 6.42 Å². The predicted octanol–water partition coefficient (Wildman–Crippen LogP) is 4.01. The average molecular weight is 294 g/mol. The van der Waals surface area contributed by atoms with E-state index in [1.54, 1.807) is 6.07 Å². The van der Waals surface area contributed by atoms with E-state index in [0.717, 1.165) is 18.4 Å². The van der Waals surface area contributed by atoms with Crippen molar-refractivity contribution in [2.24, 2.45) is 0 Å². The van der Waals surface area contributed by atoms with E-state index in [1.165, 1.54) is 12.1 Å². The van der Waals surface area contributed by atoms with Gasteiger partial charge in [-0.05, 0) is 35.9 Å². The minimum Gasteiger partial charge on any atom is -0.493 e. The molecule has 1 N–H and O–H groups in total. The molecule has 1 aromatic carbocycles. The van der Waals surface area contributed by atoms with Crippen molar-refractivity contribution < 1.29 is 23.0 Å². The van der Waals surface area contributed by atoms with Crippen molar-refractivity contribution >= 4 is 11.8 Å². The molecule has 0 atom stereocenters. The van der Waals surface area contributed by atoms with Crippen LogP contribution in [0.25, 0.3) is 0 Å². The minimum absolute atomic E-state index is 0.000102. The first kappa shape index (κ1) is 16.2. The van der Waals surface area contributed by atoms with Crippen molar-refractivity contribution in [2.75, 3.05) is 13.2 Å². The molecule has 0 fully saturated rings. The van der Waals surface area contributed by atoms with Gasteiger partial charge in [-0.1, -0.05) is 19.4 Å². The summed E-state index contributed by atoms with van der Waals surface area (Å²) in [6.07, 6.45) is 2.11. The van der Waals surface area contributed by atoms with Gasteiger partial charge in [0.15, 0.2) is 0 Å². The number of aliphatic hydroxyl groups is 1. The molecule has 108 valence electrons. The molecule has 6 heteroatoms. The first-order valence-electron chi connectivity index (χ1n) is 6.08. The summed E-state index contributed by atoms with van der Waals surface area (Å²) in [6, 6.07) is 4.55. The molecule has 0 aliphatic rings. The number of hydrogen-bond acceptors (Lipinski definition) is 3. The molecular formula is C13H17F3O2S. The number of alkyl halides is 3. The van der Waals surface area contributed by atoms with Gasteiger partial charge in [-0.25, -0.2) is 0 Å². The van der Waals surface area contributed by atoms with Crippen LogP contribution in [0.3, 0.4) is 0 Å². The Bertz CT molecular complexity index is 394. The number of thioether (sulfide) groups is 1. The van der Waals surface area contributed by atoms with E-state index < -0.39 is 5.51 Å². The van der Waals surface area contributed by atoms with E-state index in [1.807, 2.05) is 6.92 Å². The average Bonchev–Trinajstić information content (AvgIpc) is 2.31. The molecule has 0 aromatic heterocycles. The normalized spacial score (nSPS) is 11.6. The van der Waals surface area contributed by atoms with Gasteiger partial charge in [-0.15, -0.1) is 0 Å². The van der Waals surface area contributed by atoms with Crippen molar-refractivity contribution in [1.82, 2.24) is 0 Å². The Morgan fingerprint density at radius 3 is 2.63 bits per heavy atom. The third-order valence-corrected chi connectivity index (χ3v) is 3.07. The van der Waals surface area contributed by atoms with Gasteiger partial charge in [0.1, 0.15) is 5.75 Å². The number of rotatable bonds is 7. The second-order valence-electron chi connectivity index (χ2n) is 3.99. The Balaban J connectivity index is 2.84. The lowest BCUT2D eigenvalue weighted by molar-refractivity contribution is -0.0328. The van der Waals surface area contributed by atoms with Gasteiger partial charge in [0.25, 0.3) is 0 Å². The fraction of sp³-hybridized carbons (Fsp3) is 0.538. The first-order chi connectivity index (χ1) is 8.96. The summed E-state index contributed by atoms with van der Waals surface area (Å²) in [7, 11) is 0. The standard InChI is InChI=1S/C13H17F3O2S/c1-2-4-10-5-6-11(19-13(14,15)16)9-12(10)18-8-3-7-17/h5-6,9,17H,2-4,7-8H2,1H3. The summed E-state index contributed by atoms with van der Waals surface area (Å²) >= 11 is -0.148. The molecule has 0 radical (unpaired) electrons. The van der Waals surface area contributed by atoms with Crippen molar-refractivity contribution in [3.8, 4) is 5.75 Å². The smallest absolute Gasteiger partial charge is 0.446 e. The molecule has 0 unspecified atom stereocenters. The monoisotopic (exact) mass is 294 g/mol. The molecule has 0 saturated heterocycles. The van der Waals surface area contributed by atoms with E-state index in [0.29, 0.717) is 18.8 Å². The van der Waals surface area contributed by atoms with Gasteiger partial charge in [0.05, 0.1) is 6.61 Å². The van der Waals surface area contributed by atoms with Crippen LogP contribution in [0.5, 0.6) is 5.75 Å². The molecule has 0 bridgehead atoms. The number of hydrogen-bond donors (Lipinski definition) is 1. The Kier molecular flexibility index (Phi) is 6.51. The van der Waals surface area contributed by atoms with Gasteiger partial charge >= 0.3 is 5.51 Å². The van der Waals surface area contributed by atoms with Crippen LogP contribution in [0.4, 0.5) is 13.2 Å². The zero-order valence-corrected chi connectivity index (χ0v) is 11.5. The first-order valence-corrected chi connectivity index (χ1v) is 6.90. The number of benzene rings is 1. The Hall–Kier alpha value is -0.880. The molecule has 1 rings (SSSR count). The predicted molar refractivity (Wildman–Crippen MR) is 69.5 cm³/mol. The van der Waals surface area contributed by atoms with Gasteiger partial charge in [-0.3, -0.25) is 0 Å². The second-order valence-corrected chi connectivity index (χ2v) is 5.13. The fourth-order valence-corrected chi connectivity index (χ4v) is 2.16. The van der Waals surface area contributed by atoms with Crippen molar-refractivity contribution in [2.45, 2.75) is 36.6 Å². The lowest BCUT2D eigenvalue weighted by Gasteiger charge is -2.13. The van der Waals surface area contributed by atoms with E-state index in [2.05, 4.69) is 0 Å². The highest BCUT2D eigenvalue weighted by Crippen LogP contribution is 2.38. The van der Waals surface area contributed by atoms with E-state index in [4.69, 9.17) is 9.84 Å². The molecule has 0 saturated carbocycles. The fourth-order valence-electron chi connectivity index (χ4n) is 1.59.